The average molecular weight is 406 g/mol. The molecule has 148 valence electrons. The number of halogens is 1. The highest BCUT2D eigenvalue weighted by molar-refractivity contribution is 7.99. The maximum Gasteiger partial charge on any atom is 0.330 e. The van der Waals surface area contributed by atoms with Gasteiger partial charge in [0.15, 0.2) is 6.10 Å². The summed E-state index contributed by atoms with van der Waals surface area (Å²) in [5.41, 5.74) is 0.383. The molecule has 1 fully saturated rings. The molecule has 3 rings (SSSR count). The Balaban J connectivity index is 1.63. The van der Waals surface area contributed by atoms with Gasteiger partial charge in [-0.1, -0.05) is 0 Å². The highest BCUT2D eigenvalue weighted by Crippen LogP contribution is 2.41. The van der Waals surface area contributed by atoms with Crippen LogP contribution in [0.1, 0.15) is 25.0 Å². The summed E-state index contributed by atoms with van der Waals surface area (Å²) in [6.45, 7) is 2.80. The van der Waals surface area contributed by atoms with E-state index in [9.17, 15) is 18.8 Å². The molecular weight excluding hydrogens is 387 g/mol. The van der Waals surface area contributed by atoms with Crippen LogP contribution in [-0.2, 0) is 19.1 Å². The summed E-state index contributed by atoms with van der Waals surface area (Å²) < 4.78 is 23.6. The molecule has 2 aromatic rings. The number of nitrogens with zero attached hydrogens (tertiary/aromatic N) is 1. The van der Waals surface area contributed by atoms with Crippen molar-refractivity contribution in [3.63, 3.8) is 0 Å². The maximum atomic E-state index is 12.9. The minimum absolute atomic E-state index is 0.295. The molecule has 28 heavy (non-hydrogen) atoms. The summed E-state index contributed by atoms with van der Waals surface area (Å²) in [7, 11) is 0. The zero-order valence-electron chi connectivity index (χ0n) is 15.3. The van der Waals surface area contributed by atoms with Gasteiger partial charge in [-0.15, -0.1) is 11.8 Å². The normalized spacial score (nSPS) is 19.9. The summed E-state index contributed by atoms with van der Waals surface area (Å²) in [5.74, 6) is -1.04. The predicted molar refractivity (Wildman–Crippen MR) is 101 cm³/mol. The zero-order valence-corrected chi connectivity index (χ0v) is 16.1. The summed E-state index contributed by atoms with van der Waals surface area (Å²) >= 11 is 1.39. The number of esters is 1. The molecule has 1 aromatic heterocycles. The fraction of sp³-hybridized carbons (Fsp3) is 0.316. The second kappa shape index (κ2) is 8.47. The van der Waals surface area contributed by atoms with E-state index in [-0.39, 0.29) is 5.91 Å². The van der Waals surface area contributed by atoms with Crippen LogP contribution in [0, 0.1) is 5.82 Å². The van der Waals surface area contributed by atoms with Crippen molar-refractivity contribution in [3.05, 3.63) is 54.2 Å². The van der Waals surface area contributed by atoms with Crippen molar-refractivity contribution in [1.82, 2.24) is 4.90 Å². The van der Waals surface area contributed by atoms with Crippen LogP contribution in [0.2, 0.25) is 0 Å². The SMILES string of the molecule is CC(=O)N1[C@@H](C(=O)O[C@@H](C)C(=O)Nc2ccc(F)cc2)CS[C@@H]1c1ccco1. The standard InChI is InChI=1S/C19H19FN2O5S/c1-11(17(24)21-14-7-5-13(20)6-8-14)27-19(25)15-10-28-18(22(15)12(2)23)16-4-3-9-26-16/h3-9,11,15,18H,10H2,1-2H3,(H,21,24)/t11-,15+,18+/m0/s1. The van der Waals surface area contributed by atoms with Crippen molar-refractivity contribution in [2.24, 2.45) is 0 Å². The van der Waals surface area contributed by atoms with Crippen molar-refractivity contribution in [2.75, 3.05) is 11.1 Å². The van der Waals surface area contributed by atoms with Gasteiger partial charge in [-0.25, -0.2) is 9.18 Å². The second-order valence-corrected chi connectivity index (χ2v) is 7.33. The number of carbonyl (C=O) groups is 3. The molecule has 0 bridgehead atoms. The molecule has 0 unspecified atom stereocenters. The molecule has 0 aliphatic carbocycles. The van der Waals surface area contributed by atoms with E-state index in [4.69, 9.17) is 9.15 Å². The Labute approximate surface area is 165 Å². The molecule has 1 aromatic carbocycles. The number of anilines is 1. The Hall–Kier alpha value is -2.81. The minimum atomic E-state index is -1.08. The first kappa shape index (κ1) is 19.9. The summed E-state index contributed by atoms with van der Waals surface area (Å²) in [4.78, 5) is 38.3. The monoisotopic (exact) mass is 406 g/mol. The second-order valence-electron chi connectivity index (χ2n) is 6.22. The lowest BCUT2D eigenvalue weighted by atomic mass is 10.2. The Morgan fingerprint density at radius 2 is 2.00 bits per heavy atom. The Bertz CT molecular complexity index is 856. The number of amides is 2. The smallest absolute Gasteiger partial charge is 0.330 e. The molecule has 1 aliphatic rings. The number of rotatable bonds is 5. The highest BCUT2D eigenvalue weighted by atomic mass is 32.2. The minimum Gasteiger partial charge on any atom is -0.466 e. The molecule has 7 nitrogen and oxygen atoms in total. The molecular formula is C19H19FN2O5S. The van der Waals surface area contributed by atoms with Crippen LogP contribution in [0.5, 0.6) is 0 Å². The van der Waals surface area contributed by atoms with Crippen LogP contribution >= 0.6 is 11.8 Å². The van der Waals surface area contributed by atoms with Gasteiger partial charge in [0.25, 0.3) is 5.91 Å². The third kappa shape index (κ3) is 4.36. The van der Waals surface area contributed by atoms with Gasteiger partial charge in [-0.3, -0.25) is 9.59 Å². The maximum absolute atomic E-state index is 12.9. The topological polar surface area (TPSA) is 88.8 Å². The fourth-order valence-electron chi connectivity index (χ4n) is 2.81. The van der Waals surface area contributed by atoms with Gasteiger partial charge >= 0.3 is 5.97 Å². The molecule has 1 N–H and O–H groups in total. The van der Waals surface area contributed by atoms with Crippen molar-refractivity contribution in [2.45, 2.75) is 31.4 Å². The number of nitrogens with one attached hydrogen (secondary N) is 1. The Kier molecular flexibility index (Phi) is 6.03. The van der Waals surface area contributed by atoms with Crippen molar-refractivity contribution < 1.29 is 27.9 Å². The third-order valence-electron chi connectivity index (χ3n) is 4.20. The van der Waals surface area contributed by atoms with E-state index in [1.165, 1.54) is 61.0 Å². The summed E-state index contributed by atoms with van der Waals surface area (Å²) in [6, 6.07) is 7.85. The number of furan rings is 1. The van der Waals surface area contributed by atoms with E-state index in [2.05, 4.69) is 5.32 Å². The molecule has 0 saturated carbocycles. The average Bonchev–Trinajstić information content (AvgIpc) is 3.32. The van der Waals surface area contributed by atoms with Gasteiger partial charge in [-0.2, -0.15) is 0 Å². The summed E-state index contributed by atoms with van der Waals surface area (Å²) in [5, 5.41) is 2.12. The van der Waals surface area contributed by atoms with Crippen LogP contribution in [0.15, 0.2) is 47.1 Å². The first-order valence-corrected chi connectivity index (χ1v) is 9.62. The lowest BCUT2D eigenvalue weighted by molar-refractivity contribution is -0.160. The first-order chi connectivity index (χ1) is 13.4. The van der Waals surface area contributed by atoms with Crippen molar-refractivity contribution >= 4 is 35.2 Å². The molecule has 1 aliphatic heterocycles. The zero-order chi connectivity index (χ0) is 20.3. The lowest BCUT2D eigenvalue weighted by Crippen LogP contribution is -2.44. The third-order valence-corrected chi connectivity index (χ3v) is 5.48. The van der Waals surface area contributed by atoms with Crippen LogP contribution < -0.4 is 5.32 Å². The number of hydrogen-bond donors (Lipinski definition) is 1. The molecule has 2 heterocycles. The van der Waals surface area contributed by atoms with Gasteiger partial charge in [0, 0.05) is 18.4 Å². The van der Waals surface area contributed by atoms with Crippen LogP contribution in [0.3, 0.4) is 0 Å². The van der Waals surface area contributed by atoms with Crippen LogP contribution in [0.25, 0.3) is 0 Å². The largest absolute Gasteiger partial charge is 0.466 e. The van der Waals surface area contributed by atoms with Gasteiger partial charge in [0.1, 0.15) is 23.0 Å². The van der Waals surface area contributed by atoms with E-state index in [0.717, 1.165) is 0 Å². The van der Waals surface area contributed by atoms with Crippen LogP contribution in [-0.4, -0.2) is 40.6 Å². The summed E-state index contributed by atoms with van der Waals surface area (Å²) in [6.07, 6.45) is 0.417. The Morgan fingerprint density at radius 1 is 1.29 bits per heavy atom. The van der Waals surface area contributed by atoms with E-state index in [1.54, 1.807) is 12.1 Å². The molecule has 0 spiro atoms. The van der Waals surface area contributed by atoms with E-state index in [1.807, 2.05) is 0 Å². The van der Waals surface area contributed by atoms with Gasteiger partial charge in [0.05, 0.1) is 6.26 Å². The van der Waals surface area contributed by atoms with E-state index < -0.39 is 35.2 Å². The number of carbonyl (C=O) groups excluding carboxylic acids is 3. The quantitative estimate of drug-likeness (QED) is 0.768. The van der Waals surface area contributed by atoms with Crippen LogP contribution in [0.4, 0.5) is 10.1 Å². The molecule has 2 amide bonds. The molecule has 1 saturated heterocycles. The van der Waals surface area contributed by atoms with Crippen molar-refractivity contribution in [3.8, 4) is 0 Å². The van der Waals surface area contributed by atoms with E-state index in [0.29, 0.717) is 17.2 Å². The number of thioether (sulfide) groups is 1. The van der Waals surface area contributed by atoms with Gasteiger partial charge in [-0.05, 0) is 43.3 Å². The molecule has 0 radical (unpaired) electrons. The first-order valence-electron chi connectivity index (χ1n) is 8.57. The van der Waals surface area contributed by atoms with Gasteiger partial charge in [0.2, 0.25) is 5.91 Å². The van der Waals surface area contributed by atoms with Crippen molar-refractivity contribution in [1.29, 1.82) is 0 Å². The molecule has 3 atom stereocenters. The molecule has 9 heteroatoms. The van der Waals surface area contributed by atoms with Gasteiger partial charge < -0.3 is 19.4 Å². The Morgan fingerprint density at radius 3 is 2.61 bits per heavy atom. The predicted octanol–water partition coefficient (Wildman–Crippen LogP) is 2.95. The number of ether oxygens (including phenoxy) is 1. The van der Waals surface area contributed by atoms with E-state index >= 15 is 0 Å². The number of benzene rings is 1. The lowest BCUT2D eigenvalue weighted by Gasteiger charge is -2.26. The highest BCUT2D eigenvalue weighted by Gasteiger charge is 2.43. The number of hydrogen-bond acceptors (Lipinski definition) is 6. The fourth-order valence-corrected chi connectivity index (χ4v) is 4.22.